The molecular weight excluding hydrogens is 298 g/mol. The van der Waals surface area contributed by atoms with Crippen molar-refractivity contribution in [2.24, 2.45) is 0 Å². The molecule has 0 bridgehead atoms. The molecule has 18 heavy (non-hydrogen) atoms. The van der Waals surface area contributed by atoms with Gasteiger partial charge in [-0.25, -0.2) is 0 Å². The molecule has 1 unspecified atom stereocenters. The fraction of sp³-hybridized carbons (Fsp3) is 0.538. The average Bonchev–Trinajstić information content (AvgIpc) is 2.72. The molecule has 0 amide bonds. The summed E-state index contributed by atoms with van der Waals surface area (Å²) in [6.07, 6.45) is -0.426. The number of hydrogen-bond acceptors (Lipinski definition) is 4. The fourth-order valence-corrected chi connectivity index (χ4v) is 2.03. The Bertz CT molecular complexity index is 446. The second kappa shape index (κ2) is 5.07. The normalized spacial score (nSPS) is 15.8. The van der Waals surface area contributed by atoms with E-state index in [9.17, 15) is 5.11 Å². The van der Waals surface area contributed by atoms with Crippen LogP contribution in [0.3, 0.4) is 0 Å². The molecule has 0 saturated carbocycles. The maximum absolute atomic E-state index is 9.66. The number of benzene rings is 1. The third-order valence-corrected chi connectivity index (χ3v) is 4.06. The smallest absolute Gasteiger partial charge is 0.231 e. The minimum atomic E-state index is -0.426. The van der Waals surface area contributed by atoms with Gasteiger partial charge in [0.1, 0.15) is 0 Å². The molecule has 0 aliphatic carbocycles. The summed E-state index contributed by atoms with van der Waals surface area (Å²) in [6, 6.07) is 3.87. The Morgan fingerprint density at radius 2 is 2.00 bits per heavy atom. The monoisotopic (exact) mass is 315 g/mol. The summed E-state index contributed by atoms with van der Waals surface area (Å²) in [5.41, 5.74) is 0.739. The molecule has 1 aliphatic heterocycles. The van der Waals surface area contributed by atoms with Gasteiger partial charge in [0.2, 0.25) is 6.79 Å². The number of nitrogens with one attached hydrogen (secondary N) is 1. The van der Waals surface area contributed by atoms with Crippen LogP contribution in [-0.4, -0.2) is 23.5 Å². The van der Waals surface area contributed by atoms with Gasteiger partial charge in [-0.2, -0.15) is 0 Å². The van der Waals surface area contributed by atoms with E-state index in [0.29, 0.717) is 6.54 Å². The van der Waals surface area contributed by atoms with E-state index in [2.05, 4.69) is 21.2 Å². The van der Waals surface area contributed by atoms with Gasteiger partial charge in [-0.05, 0) is 38.5 Å². The number of hydrogen-bond donors (Lipinski definition) is 2. The van der Waals surface area contributed by atoms with Gasteiger partial charge in [0, 0.05) is 16.6 Å². The van der Waals surface area contributed by atoms with E-state index >= 15 is 0 Å². The zero-order chi connectivity index (χ0) is 13.3. The molecule has 2 rings (SSSR count). The summed E-state index contributed by atoms with van der Waals surface area (Å²) in [4.78, 5) is 0. The quantitative estimate of drug-likeness (QED) is 0.896. The second-order valence-electron chi connectivity index (χ2n) is 5.05. The van der Waals surface area contributed by atoms with E-state index in [4.69, 9.17) is 9.47 Å². The highest BCUT2D eigenvalue weighted by Crippen LogP contribution is 2.37. The summed E-state index contributed by atoms with van der Waals surface area (Å²) in [5.74, 6) is 1.53. The van der Waals surface area contributed by atoms with Crippen molar-refractivity contribution < 1.29 is 14.6 Å². The van der Waals surface area contributed by atoms with Crippen molar-refractivity contribution in [3.05, 3.63) is 22.2 Å². The predicted octanol–water partition coefficient (Wildman–Crippen LogP) is 2.43. The van der Waals surface area contributed by atoms with Crippen molar-refractivity contribution in [3.8, 4) is 11.5 Å². The van der Waals surface area contributed by atoms with Crippen LogP contribution < -0.4 is 14.8 Å². The molecule has 0 aromatic heterocycles. The van der Waals surface area contributed by atoms with Crippen LogP contribution in [0, 0.1) is 0 Å². The zero-order valence-electron chi connectivity index (χ0n) is 10.8. The summed E-state index contributed by atoms with van der Waals surface area (Å²) in [6.45, 7) is 6.64. The van der Waals surface area contributed by atoms with E-state index < -0.39 is 6.10 Å². The number of fused-ring (bicyclic) bond motifs is 1. The Balaban J connectivity index is 2.11. The first-order valence-corrected chi connectivity index (χ1v) is 6.70. The standard InChI is InChI=1S/C13H18BrNO3/c1-8(16)13(2,3)15-6-9-4-11-12(5-10(9)14)18-7-17-11/h4-5,8,15-16H,6-7H2,1-3H3. The number of ether oxygens (including phenoxy) is 2. The lowest BCUT2D eigenvalue weighted by molar-refractivity contribution is 0.0956. The Labute approximate surface area is 115 Å². The van der Waals surface area contributed by atoms with Crippen LogP contribution in [0.5, 0.6) is 11.5 Å². The molecule has 0 spiro atoms. The van der Waals surface area contributed by atoms with Gasteiger partial charge in [-0.15, -0.1) is 0 Å². The lowest BCUT2D eigenvalue weighted by atomic mass is 9.98. The molecule has 4 nitrogen and oxygen atoms in total. The van der Waals surface area contributed by atoms with Crippen LogP contribution in [-0.2, 0) is 6.54 Å². The molecule has 2 N–H and O–H groups in total. The van der Waals surface area contributed by atoms with Crippen LogP contribution in [0.4, 0.5) is 0 Å². The Hall–Kier alpha value is -0.780. The van der Waals surface area contributed by atoms with Crippen LogP contribution in [0.15, 0.2) is 16.6 Å². The van der Waals surface area contributed by atoms with Crippen molar-refractivity contribution in [1.29, 1.82) is 0 Å². The van der Waals surface area contributed by atoms with Crippen molar-refractivity contribution in [2.75, 3.05) is 6.79 Å². The minimum Gasteiger partial charge on any atom is -0.454 e. The van der Waals surface area contributed by atoms with E-state index in [1.165, 1.54) is 0 Å². The second-order valence-corrected chi connectivity index (χ2v) is 5.90. The van der Waals surface area contributed by atoms with Crippen molar-refractivity contribution in [3.63, 3.8) is 0 Å². The van der Waals surface area contributed by atoms with E-state index in [1.54, 1.807) is 6.92 Å². The number of aliphatic hydroxyl groups excluding tert-OH is 1. The van der Waals surface area contributed by atoms with Crippen molar-refractivity contribution >= 4 is 15.9 Å². The molecular formula is C13H18BrNO3. The van der Waals surface area contributed by atoms with Crippen molar-refractivity contribution in [1.82, 2.24) is 5.32 Å². The van der Waals surface area contributed by atoms with Gasteiger partial charge in [0.05, 0.1) is 6.10 Å². The molecule has 0 radical (unpaired) electrons. The largest absolute Gasteiger partial charge is 0.454 e. The van der Waals surface area contributed by atoms with Crippen molar-refractivity contribution in [2.45, 2.75) is 39.0 Å². The molecule has 100 valence electrons. The van der Waals surface area contributed by atoms with Gasteiger partial charge in [0.15, 0.2) is 11.5 Å². The van der Waals surface area contributed by atoms with Gasteiger partial charge in [0.25, 0.3) is 0 Å². The van der Waals surface area contributed by atoms with Crippen LogP contribution in [0.25, 0.3) is 0 Å². The zero-order valence-corrected chi connectivity index (χ0v) is 12.4. The lowest BCUT2D eigenvalue weighted by Gasteiger charge is -2.29. The molecule has 5 heteroatoms. The topological polar surface area (TPSA) is 50.7 Å². The molecule has 1 aliphatic rings. The van der Waals surface area contributed by atoms with Crippen LogP contribution in [0.2, 0.25) is 0 Å². The van der Waals surface area contributed by atoms with Gasteiger partial charge < -0.3 is 19.9 Å². The highest BCUT2D eigenvalue weighted by Gasteiger charge is 2.24. The Morgan fingerprint density at radius 3 is 2.61 bits per heavy atom. The first-order chi connectivity index (χ1) is 8.40. The molecule has 0 saturated heterocycles. The minimum absolute atomic E-state index is 0.276. The Morgan fingerprint density at radius 1 is 1.39 bits per heavy atom. The summed E-state index contributed by atoms with van der Waals surface area (Å²) in [7, 11) is 0. The van der Waals surface area contributed by atoms with Gasteiger partial charge >= 0.3 is 0 Å². The first-order valence-electron chi connectivity index (χ1n) is 5.91. The molecule has 1 aromatic rings. The number of rotatable bonds is 4. The van der Waals surface area contributed by atoms with E-state index in [1.807, 2.05) is 26.0 Å². The molecule has 0 fully saturated rings. The number of halogens is 1. The maximum atomic E-state index is 9.66. The fourth-order valence-electron chi connectivity index (χ4n) is 1.57. The van der Waals surface area contributed by atoms with E-state index in [-0.39, 0.29) is 12.3 Å². The van der Waals surface area contributed by atoms with Gasteiger partial charge in [-0.3, -0.25) is 0 Å². The third-order valence-electron chi connectivity index (χ3n) is 3.32. The predicted molar refractivity (Wildman–Crippen MR) is 72.9 cm³/mol. The van der Waals surface area contributed by atoms with Crippen LogP contribution in [0.1, 0.15) is 26.3 Å². The molecule has 1 aromatic carbocycles. The summed E-state index contributed by atoms with van der Waals surface area (Å²) >= 11 is 3.52. The maximum Gasteiger partial charge on any atom is 0.231 e. The number of aliphatic hydroxyl groups is 1. The molecule has 1 heterocycles. The Kier molecular flexibility index (Phi) is 3.84. The molecule has 1 atom stereocenters. The highest BCUT2D eigenvalue weighted by atomic mass is 79.9. The SMILES string of the molecule is CC(O)C(C)(C)NCc1cc2c(cc1Br)OCO2. The summed E-state index contributed by atoms with van der Waals surface area (Å²) < 4.78 is 11.6. The van der Waals surface area contributed by atoms with E-state index in [0.717, 1.165) is 21.5 Å². The summed E-state index contributed by atoms with van der Waals surface area (Å²) in [5, 5.41) is 13.0. The average molecular weight is 316 g/mol. The third kappa shape index (κ3) is 2.79. The highest BCUT2D eigenvalue weighted by molar-refractivity contribution is 9.10. The first kappa shape index (κ1) is 13.6. The van der Waals surface area contributed by atoms with Gasteiger partial charge in [-0.1, -0.05) is 15.9 Å². The lowest BCUT2D eigenvalue weighted by Crippen LogP contribution is -2.47. The van der Waals surface area contributed by atoms with Crippen LogP contribution >= 0.6 is 15.9 Å².